The Bertz CT molecular complexity index is 3430. The number of nitrogens with zero attached hydrogens (tertiary/aromatic N) is 9. The van der Waals surface area contributed by atoms with E-state index in [0.717, 1.165) is 141 Å². The maximum Gasteiger partial charge on any atom is 0.314 e. The van der Waals surface area contributed by atoms with Gasteiger partial charge in [-0.2, -0.15) is 10.5 Å². The molecular formula is C74H95ClN12O7. The molecule has 0 amide bonds. The van der Waals surface area contributed by atoms with Gasteiger partial charge in [-0.05, 0) is 177 Å². The van der Waals surface area contributed by atoms with E-state index in [0.29, 0.717) is 96.1 Å². The van der Waals surface area contributed by atoms with Crippen LogP contribution in [0.3, 0.4) is 0 Å². The highest BCUT2D eigenvalue weighted by Crippen LogP contribution is 2.49. The summed E-state index contributed by atoms with van der Waals surface area (Å²) in [7, 11) is 0. The Hall–Kier alpha value is -8.52. The van der Waals surface area contributed by atoms with Crippen molar-refractivity contribution < 1.29 is 34.4 Å². The Morgan fingerprint density at radius 2 is 0.872 bits per heavy atom. The second-order valence-corrected chi connectivity index (χ2v) is 28.3. The third-order valence-corrected chi connectivity index (χ3v) is 18.3. The summed E-state index contributed by atoms with van der Waals surface area (Å²) in [4.78, 5) is 61.9. The highest BCUT2D eigenvalue weighted by atomic mass is 35.5. The van der Waals surface area contributed by atoms with Crippen LogP contribution in [-0.2, 0) is 35.4 Å². The van der Waals surface area contributed by atoms with Gasteiger partial charge in [0, 0.05) is 93.2 Å². The van der Waals surface area contributed by atoms with Gasteiger partial charge in [-0.15, -0.1) is 0 Å². The molecule has 3 aliphatic carbocycles. The van der Waals surface area contributed by atoms with E-state index in [1.165, 1.54) is 6.20 Å². The summed E-state index contributed by atoms with van der Waals surface area (Å²) in [5, 5.41) is 58.8. The molecule has 4 aromatic heterocycles. The average Bonchev–Trinajstić information content (AvgIpc) is 0.778. The zero-order valence-corrected chi connectivity index (χ0v) is 57.1. The van der Waals surface area contributed by atoms with E-state index < -0.39 is 34.2 Å². The second-order valence-electron chi connectivity index (χ2n) is 27.9. The van der Waals surface area contributed by atoms with Gasteiger partial charge in [0.2, 0.25) is 0 Å². The second kappa shape index (κ2) is 32.1. The lowest BCUT2D eigenvalue weighted by Gasteiger charge is -2.40. The van der Waals surface area contributed by atoms with Gasteiger partial charge >= 0.3 is 17.9 Å². The van der Waals surface area contributed by atoms with Gasteiger partial charge in [-0.3, -0.25) is 14.4 Å². The van der Waals surface area contributed by atoms with Crippen LogP contribution in [-0.4, -0.2) is 105 Å². The van der Waals surface area contributed by atoms with Crippen LogP contribution in [0.4, 0.5) is 51.7 Å². The van der Waals surface area contributed by atoms with Gasteiger partial charge in [0.25, 0.3) is 0 Å². The first-order chi connectivity index (χ1) is 44.9. The van der Waals surface area contributed by atoms with Crippen molar-refractivity contribution in [2.75, 3.05) is 76.6 Å². The molecule has 20 heteroatoms. The largest absolute Gasteiger partial charge is 0.481 e. The van der Waals surface area contributed by atoms with Crippen LogP contribution in [0.25, 0.3) is 0 Å². The van der Waals surface area contributed by atoms with Crippen molar-refractivity contribution in [3.63, 3.8) is 0 Å². The molecular weight excluding hydrogens is 1200 g/mol. The number of benzene rings is 2. The summed E-state index contributed by atoms with van der Waals surface area (Å²) in [5.74, 6) is 2.99. The van der Waals surface area contributed by atoms with E-state index in [2.05, 4.69) is 117 Å². The number of ether oxygens (including phenoxy) is 1. The molecule has 0 spiro atoms. The molecule has 1 aliphatic heterocycles. The zero-order valence-electron chi connectivity index (χ0n) is 56.4. The number of carboxylic acid groups (broad SMARTS) is 3. The maximum absolute atomic E-state index is 12.1. The van der Waals surface area contributed by atoms with Crippen LogP contribution < -0.4 is 30.7 Å². The predicted octanol–water partition coefficient (Wildman–Crippen LogP) is 15.7. The third-order valence-electron chi connectivity index (χ3n) is 18.1. The standard InChI is InChI=1S/C25H32ClN3O3.C25H32N4O2.C24H31N5O2/c1-17(2)16-29(21-8-12-32-13-9-21)23-22(28-20-6-4-19(26)5-7-20)14-18(15-27-23)25(24(30)31)10-3-11-25;1-17(2)15-29(16-18(3)4)23-22(28-21-8-6-19(13-26)7-9-21)12-20(14-27-23)25(24(30)31)10-5-11-25;1-16(2)14-29(15-17(3)4)22-20(28-21-7-6-18(11-25)12-26-21)10-19(13-27-22)24(23(30)31)8-5-9-24/h4-7,14-15,17,21,28H,3,8-13,16H2,1-2H3,(H,30,31);6-9,12,14,17-18,28H,5,10-11,15-16H2,1-4H3,(H,30,31);6-7,10,12-13,16-17H,5,8-9,14-15H2,1-4H3,(H,26,28)(H,30,31). The first-order valence-corrected chi connectivity index (χ1v) is 33.8. The van der Waals surface area contributed by atoms with Gasteiger partial charge < -0.3 is 50.7 Å². The van der Waals surface area contributed by atoms with Crippen LogP contribution in [0.5, 0.6) is 0 Å². The lowest BCUT2D eigenvalue weighted by molar-refractivity contribution is -0.148. The molecule has 1 saturated heterocycles. The molecule has 5 heterocycles. The van der Waals surface area contributed by atoms with E-state index in [1.54, 1.807) is 42.9 Å². The van der Waals surface area contributed by atoms with Crippen LogP contribution >= 0.6 is 11.6 Å². The summed E-state index contributed by atoms with van der Waals surface area (Å²) < 4.78 is 5.60. The van der Waals surface area contributed by atoms with Gasteiger partial charge in [0.05, 0.1) is 50.5 Å². The van der Waals surface area contributed by atoms with Crippen LogP contribution in [0.2, 0.25) is 5.02 Å². The molecule has 6 N–H and O–H groups in total. The van der Waals surface area contributed by atoms with Crippen LogP contribution in [0.15, 0.2) is 104 Å². The van der Waals surface area contributed by atoms with Crippen molar-refractivity contribution >= 4 is 81.2 Å². The Morgan fingerprint density at radius 1 is 0.511 bits per heavy atom. The first kappa shape index (κ1) is 71.3. The summed E-state index contributed by atoms with van der Waals surface area (Å²) in [6, 6.07) is 28.7. The smallest absolute Gasteiger partial charge is 0.314 e. The number of anilines is 9. The van der Waals surface area contributed by atoms with E-state index in [-0.39, 0.29) is 0 Å². The van der Waals surface area contributed by atoms with Crippen LogP contribution in [0.1, 0.15) is 168 Å². The summed E-state index contributed by atoms with van der Waals surface area (Å²) in [6.45, 7) is 27.6. The van der Waals surface area contributed by atoms with Crippen molar-refractivity contribution in [2.24, 2.45) is 29.6 Å². The molecule has 0 atom stereocenters. The number of nitrogens with one attached hydrogen (secondary N) is 3. The molecule has 4 fully saturated rings. The molecule has 0 unspecified atom stereocenters. The highest BCUT2D eigenvalue weighted by Gasteiger charge is 2.49. The summed E-state index contributed by atoms with van der Waals surface area (Å²) in [6.07, 6.45) is 15.3. The Balaban J connectivity index is 0.000000181. The predicted molar refractivity (Wildman–Crippen MR) is 373 cm³/mol. The number of aromatic nitrogens is 4. The van der Waals surface area contributed by atoms with Crippen molar-refractivity contribution in [3.8, 4) is 12.1 Å². The SMILES string of the molecule is CC(C)CN(CC(C)C)c1ncc(C2(C(=O)O)CCC2)cc1Nc1ccc(C#N)cc1.CC(C)CN(CC(C)C)c1ncc(C2(C(=O)O)CCC2)cc1Nc1ccc(C#N)cn1.CC(C)CN(c1ncc(C2(C(=O)O)CCC2)cc1Nc1ccc(Cl)cc1)C1CCOCC1. The van der Waals surface area contributed by atoms with E-state index in [9.17, 15) is 29.7 Å². The normalized spacial score (nSPS) is 15.9. The fraction of sp³-hybridized carbons (Fsp3) is 0.500. The van der Waals surface area contributed by atoms with Crippen molar-refractivity contribution in [3.05, 3.63) is 136 Å². The molecule has 6 aromatic rings. The molecule has 0 radical (unpaired) electrons. The van der Waals surface area contributed by atoms with Gasteiger partial charge in [0.1, 0.15) is 11.9 Å². The molecule has 10 rings (SSSR count). The zero-order chi connectivity index (χ0) is 67.9. The fourth-order valence-electron chi connectivity index (χ4n) is 12.8. The minimum atomic E-state index is -0.860. The molecule has 500 valence electrons. The van der Waals surface area contributed by atoms with E-state index in [1.807, 2.05) is 54.6 Å². The number of aliphatic carboxylic acids is 3. The average molecular weight is 1300 g/mol. The van der Waals surface area contributed by atoms with Gasteiger partial charge in [-0.1, -0.05) is 100 Å². The first-order valence-electron chi connectivity index (χ1n) is 33.4. The molecule has 0 bridgehead atoms. The Kier molecular flexibility index (Phi) is 24.3. The molecule has 4 aliphatic rings. The van der Waals surface area contributed by atoms with E-state index >= 15 is 0 Å². The lowest BCUT2D eigenvalue weighted by atomic mass is 9.65. The number of hydrogen-bond donors (Lipinski definition) is 6. The fourth-order valence-corrected chi connectivity index (χ4v) is 13.0. The quantitative estimate of drug-likeness (QED) is 0.0295. The number of hydrogen-bond acceptors (Lipinski definition) is 16. The van der Waals surface area contributed by atoms with Crippen molar-refractivity contribution in [1.29, 1.82) is 10.5 Å². The number of nitriles is 2. The minimum Gasteiger partial charge on any atom is -0.481 e. The summed E-state index contributed by atoms with van der Waals surface area (Å²) >= 11 is 6.08. The number of rotatable bonds is 26. The third kappa shape index (κ3) is 17.4. The number of halogens is 1. The van der Waals surface area contributed by atoms with Gasteiger partial charge in [-0.25, -0.2) is 19.9 Å². The topological polar surface area (TPSA) is 266 Å². The maximum atomic E-state index is 12.1. The number of pyridine rings is 4. The molecule has 19 nitrogen and oxygen atoms in total. The Morgan fingerprint density at radius 3 is 1.21 bits per heavy atom. The molecule has 3 saturated carbocycles. The lowest BCUT2D eigenvalue weighted by Crippen LogP contribution is -2.44. The number of carboxylic acids is 3. The summed E-state index contributed by atoms with van der Waals surface area (Å²) in [5.41, 5.74) is 4.90. The van der Waals surface area contributed by atoms with Crippen molar-refractivity contribution in [2.45, 2.75) is 162 Å². The van der Waals surface area contributed by atoms with E-state index in [4.69, 9.17) is 41.8 Å². The Labute approximate surface area is 560 Å². The van der Waals surface area contributed by atoms with Gasteiger partial charge in [0.15, 0.2) is 17.5 Å². The minimum absolute atomic E-state index is 0.340. The van der Waals surface area contributed by atoms with Crippen LogP contribution in [0, 0.1) is 52.3 Å². The molecule has 94 heavy (non-hydrogen) atoms. The highest BCUT2D eigenvalue weighted by molar-refractivity contribution is 6.30. The molecule has 2 aromatic carbocycles. The monoisotopic (exact) mass is 1300 g/mol. The van der Waals surface area contributed by atoms with Crippen molar-refractivity contribution in [1.82, 2.24) is 19.9 Å². The number of carbonyl (C=O) groups is 3.